The maximum atomic E-state index is 13.0. The number of hydrogen-bond acceptors (Lipinski definition) is 4. The van der Waals surface area contributed by atoms with E-state index in [2.05, 4.69) is 34.5 Å². The summed E-state index contributed by atoms with van der Waals surface area (Å²) in [6, 6.07) is 18.8. The highest BCUT2D eigenvalue weighted by molar-refractivity contribution is 7.12. The maximum Gasteiger partial charge on any atom is 0.265 e. The summed E-state index contributed by atoms with van der Waals surface area (Å²) in [5, 5.41) is 5.05. The van der Waals surface area contributed by atoms with Gasteiger partial charge in [0.25, 0.3) is 11.8 Å². The highest BCUT2D eigenvalue weighted by Crippen LogP contribution is 2.25. The molecule has 0 radical (unpaired) electrons. The minimum absolute atomic E-state index is 0.0484. The molecule has 1 aromatic heterocycles. The van der Waals surface area contributed by atoms with E-state index >= 15 is 0 Å². The molecule has 0 atom stereocenters. The van der Waals surface area contributed by atoms with Crippen LogP contribution >= 0.6 is 22.9 Å². The summed E-state index contributed by atoms with van der Waals surface area (Å²) in [5.74, 6) is -0.281. The fourth-order valence-electron chi connectivity index (χ4n) is 3.56. The Morgan fingerprint density at radius 1 is 1.00 bits per heavy atom. The molecule has 0 aliphatic carbocycles. The van der Waals surface area contributed by atoms with Crippen LogP contribution in [0.4, 0.5) is 5.69 Å². The normalized spacial score (nSPS) is 14.6. The Bertz CT molecular complexity index is 1090. The molecule has 4 rings (SSSR count). The number of amides is 2. The van der Waals surface area contributed by atoms with Gasteiger partial charge in [0.05, 0.1) is 15.6 Å². The van der Waals surface area contributed by atoms with Crippen LogP contribution in [0.1, 0.15) is 25.6 Å². The lowest BCUT2D eigenvalue weighted by Gasteiger charge is -2.34. The number of benzene rings is 2. The predicted molar refractivity (Wildman–Crippen MR) is 132 cm³/mol. The third kappa shape index (κ3) is 5.65. The fourth-order valence-corrected chi connectivity index (χ4v) is 4.35. The summed E-state index contributed by atoms with van der Waals surface area (Å²) in [6.45, 7) is 3.83. The molecule has 164 valence electrons. The van der Waals surface area contributed by atoms with Crippen LogP contribution in [0.5, 0.6) is 0 Å². The van der Waals surface area contributed by atoms with Crippen molar-refractivity contribution < 1.29 is 9.59 Å². The first-order valence-electron chi connectivity index (χ1n) is 10.5. The van der Waals surface area contributed by atoms with Gasteiger partial charge in [-0.25, -0.2) is 0 Å². The van der Waals surface area contributed by atoms with E-state index < -0.39 is 0 Å². The van der Waals surface area contributed by atoms with Gasteiger partial charge in [-0.1, -0.05) is 60.2 Å². The maximum absolute atomic E-state index is 13.0. The van der Waals surface area contributed by atoms with Crippen LogP contribution < -0.4 is 5.32 Å². The van der Waals surface area contributed by atoms with Gasteiger partial charge in [-0.05, 0) is 35.2 Å². The monoisotopic (exact) mass is 465 g/mol. The van der Waals surface area contributed by atoms with Crippen LogP contribution in [0.15, 0.2) is 72.1 Å². The van der Waals surface area contributed by atoms with Crippen molar-refractivity contribution in [1.29, 1.82) is 0 Å². The summed E-state index contributed by atoms with van der Waals surface area (Å²) in [6.07, 6.45) is 4.28. The summed E-state index contributed by atoms with van der Waals surface area (Å²) in [4.78, 5) is 30.2. The molecule has 1 N–H and O–H groups in total. The van der Waals surface area contributed by atoms with Gasteiger partial charge >= 0.3 is 0 Å². The molecule has 32 heavy (non-hydrogen) atoms. The summed E-state index contributed by atoms with van der Waals surface area (Å²) in [5.41, 5.74) is 2.15. The summed E-state index contributed by atoms with van der Waals surface area (Å²) in [7, 11) is 0. The molecule has 2 heterocycles. The van der Waals surface area contributed by atoms with E-state index in [9.17, 15) is 9.59 Å². The second kappa shape index (κ2) is 10.6. The van der Waals surface area contributed by atoms with Crippen molar-refractivity contribution in [2.45, 2.75) is 0 Å². The zero-order valence-electron chi connectivity index (χ0n) is 17.5. The molecule has 0 bridgehead atoms. The van der Waals surface area contributed by atoms with Gasteiger partial charge in [0, 0.05) is 38.3 Å². The second-order valence-corrected chi connectivity index (χ2v) is 8.89. The predicted octanol–water partition coefficient (Wildman–Crippen LogP) is 5.13. The molecule has 3 aromatic rings. The number of thiophene rings is 1. The Morgan fingerprint density at radius 3 is 2.50 bits per heavy atom. The van der Waals surface area contributed by atoms with Gasteiger partial charge < -0.3 is 10.2 Å². The van der Waals surface area contributed by atoms with E-state index in [4.69, 9.17) is 11.6 Å². The zero-order valence-corrected chi connectivity index (χ0v) is 19.1. The average Bonchev–Trinajstić information content (AvgIpc) is 3.36. The quantitative estimate of drug-likeness (QED) is 0.549. The number of carbonyl (C=O) groups is 2. The Labute approximate surface area is 196 Å². The topological polar surface area (TPSA) is 52.7 Å². The molecular weight excluding hydrogens is 442 g/mol. The second-order valence-electron chi connectivity index (χ2n) is 7.53. The highest BCUT2D eigenvalue weighted by atomic mass is 35.5. The highest BCUT2D eigenvalue weighted by Gasteiger charge is 2.22. The SMILES string of the molecule is O=C(Nc1cc(C(=O)N2CCN(CC=Cc3ccccc3)CC2)ccc1Cl)c1cccs1. The molecule has 5 nitrogen and oxygen atoms in total. The number of carbonyl (C=O) groups excluding carboxylic acids is 2. The van der Waals surface area contributed by atoms with Crippen molar-refractivity contribution >= 4 is 46.5 Å². The van der Waals surface area contributed by atoms with Gasteiger partial charge in [0.15, 0.2) is 0 Å². The van der Waals surface area contributed by atoms with E-state index in [1.807, 2.05) is 34.5 Å². The minimum atomic E-state index is -0.233. The molecule has 0 saturated carbocycles. The number of halogens is 1. The van der Waals surface area contributed by atoms with Crippen LogP contribution in [-0.2, 0) is 0 Å². The van der Waals surface area contributed by atoms with Crippen molar-refractivity contribution in [3.63, 3.8) is 0 Å². The minimum Gasteiger partial charge on any atom is -0.336 e. The molecule has 2 amide bonds. The number of hydrogen-bond donors (Lipinski definition) is 1. The Morgan fingerprint density at radius 2 is 1.78 bits per heavy atom. The van der Waals surface area contributed by atoms with Gasteiger partial charge in [0.1, 0.15) is 0 Å². The Hall–Kier alpha value is -2.93. The average molecular weight is 466 g/mol. The van der Waals surface area contributed by atoms with Crippen LogP contribution in [0.3, 0.4) is 0 Å². The van der Waals surface area contributed by atoms with Crippen LogP contribution in [0, 0.1) is 0 Å². The van der Waals surface area contributed by atoms with E-state index in [-0.39, 0.29) is 11.8 Å². The number of nitrogens with one attached hydrogen (secondary N) is 1. The van der Waals surface area contributed by atoms with Crippen molar-refractivity contribution in [2.24, 2.45) is 0 Å². The van der Waals surface area contributed by atoms with Crippen molar-refractivity contribution in [1.82, 2.24) is 9.80 Å². The smallest absolute Gasteiger partial charge is 0.265 e. The third-order valence-electron chi connectivity index (χ3n) is 5.34. The third-order valence-corrected chi connectivity index (χ3v) is 6.54. The number of nitrogens with zero attached hydrogens (tertiary/aromatic N) is 2. The van der Waals surface area contributed by atoms with E-state index in [1.54, 1.807) is 24.3 Å². The molecule has 7 heteroatoms. The van der Waals surface area contributed by atoms with E-state index in [0.717, 1.165) is 19.6 Å². The number of anilines is 1. The number of piperazine rings is 1. The largest absolute Gasteiger partial charge is 0.336 e. The van der Waals surface area contributed by atoms with Crippen LogP contribution in [-0.4, -0.2) is 54.3 Å². The van der Waals surface area contributed by atoms with Crippen molar-refractivity contribution in [3.05, 3.63) is 93.1 Å². The van der Waals surface area contributed by atoms with Crippen molar-refractivity contribution in [3.8, 4) is 0 Å². The lowest BCUT2D eigenvalue weighted by atomic mass is 10.1. The van der Waals surface area contributed by atoms with Gasteiger partial charge in [-0.15, -0.1) is 11.3 Å². The van der Waals surface area contributed by atoms with Crippen LogP contribution in [0.25, 0.3) is 6.08 Å². The van der Waals surface area contributed by atoms with Gasteiger partial charge in [-0.3, -0.25) is 14.5 Å². The van der Waals surface area contributed by atoms with Crippen molar-refractivity contribution in [2.75, 3.05) is 38.0 Å². The van der Waals surface area contributed by atoms with Gasteiger partial charge in [-0.2, -0.15) is 0 Å². The zero-order chi connectivity index (χ0) is 22.3. The fraction of sp³-hybridized carbons (Fsp3) is 0.200. The molecule has 1 aliphatic rings. The standard InChI is InChI=1S/C25H24ClN3O2S/c26-21-11-10-20(18-22(21)27-24(30)23-9-5-17-32-23)25(31)29-15-13-28(14-16-29)12-4-8-19-6-2-1-3-7-19/h1-11,17-18H,12-16H2,(H,27,30). The van der Waals surface area contributed by atoms with E-state index in [0.29, 0.717) is 34.2 Å². The molecular formula is C25H24ClN3O2S. The molecule has 2 aromatic carbocycles. The van der Waals surface area contributed by atoms with Gasteiger partial charge in [0.2, 0.25) is 0 Å². The number of rotatable bonds is 6. The molecule has 1 aliphatic heterocycles. The lowest BCUT2D eigenvalue weighted by molar-refractivity contribution is 0.0650. The summed E-state index contributed by atoms with van der Waals surface area (Å²) >= 11 is 7.61. The van der Waals surface area contributed by atoms with E-state index in [1.165, 1.54) is 16.9 Å². The molecule has 1 fully saturated rings. The molecule has 0 unspecified atom stereocenters. The van der Waals surface area contributed by atoms with Crippen LogP contribution in [0.2, 0.25) is 5.02 Å². The molecule has 0 spiro atoms. The first-order valence-corrected chi connectivity index (χ1v) is 11.7. The summed E-state index contributed by atoms with van der Waals surface area (Å²) < 4.78 is 0. The first kappa shape index (κ1) is 22.3. The first-order chi connectivity index (χ1) is 15.6. The Balaban J connectivity index is 1.33. The lowest BCUT2D eigenvalue weighted by Crippen LogP contribution is -2.48. The Kier molecular flexibility index (Phi) is 7.37. The molecule has 1 saturated heterocycles.